The Labute approximate surface area is 439 Å². The number of nitrogens with zero attached hydrogens (tertiary/aromatic N) is 3. The summed E-state index contributed by atoms with van der Waals surface area (Å²) in [5.74, 6) is 0.429. The van der Waals surface area contributed by atoms with Gasteiger partial charge in [-0.3, -0.25) is 9.88 Å². The van der Waals surface area contributed by atoms with Crippen molar-refractivity contribution in [2.24, 2.45) is 22.9 Å². The van der Waals surface area contributed by atoms with E-state index < -0.39 is 30.1 Å². The highest BCUT2D eigenvalue weighted by molar-refractivity contribution is 6.03. The molecule has 2 fully saturated rings. The number of pyridine rings is 1. The van der Waals surface area contributed by atoms with E-state index in [4.69, 9.17) is 48.1 Å². The first-order valence-electron chi connectivity index (χ1n) is 28.1. The number of aliphatic hydroxyl groups is 2. The summed E-state index contributed by atoms with van der Waals surface area (Å²) in [6.45, 7) is 10.1. The third-order valence-electron chi connectivity index (χ3n) is 15.5. The maximum atomic E-state index is 15.3. The van der Waals surface area contributed by atoms with Gasteiger partial charge in [-0.1, -0.05) is 107 Å². The Bertz CT molecular complexity index is 2320. The smallest absolute Gasteiger partial charge is 0.410 e. The number of benzene rings is 2. The quantitative estimate of drug-likeness (QED) is 0.0370. The van der Waals surface area contributed by atoms with Crippen LogP contribution in [0, 0.1) is 24.7 Å². The Balaban J connectivity index is 1.22. The Hall–Kier alpha value is -5.15. The maximum absolute atomic E-state index is 15.3. The number of aryl methyl sites for hydroxylation is 1. The summed E-state index contributed by atoms with van der Waals surface area (Å²) in [5, 5.41) is 25.3. The standard InChI is InChI=1S/C60H83N3O11/c1-4-6-7-8-9-10-11-12-13-19-35-68-59(66)63(40-44-27-29-53-54(36-44)71-42-70-53)55-39-51(62-74-56-26-16-20-34-67-56)49-37-45(23-14-17-31-64)48(25-15-18-32-65)57-50-38-47(69-41-46-24-21-22-43(3)61-46)28-30-52(50)73-60(55,58(49)57)72-33-5-2/h5,21-22,24,27-30,36-38,45,48,55-58,64-65H,2,4,6-20,23,25-26,31-35,39-42H2,1,3H3. The molecule has 3 aromatic rings. The number of rotatable bonds is 30. The molecular weight excluding hydrogens is 939 g/mol. The van der Waals surface area contributed by atoms with Crippen molar-refractivity contribution >= 4 is 11.8 Å². The zero-order valence-corrected chi connectivity index (χ0v) is 44.2. The first-order chi connectivity index (χ1) is 36.3. The largest absolute Gasteiger partial charge is 0.487 e. The monoisotopic (exact) mass is 1020 g/mol. The first-order valence-corrected chi connectivity index (χ1v) is 28.1. The van der Waals surface area contributed by atoms with Gasteiger partial charge >= 0.3 is 6.09 Å². The molecule has 2 N–H and O–H groups in total. The fourth-order valence-electron chi connectivity index (χ4n) is 11.9. The molecule has 5 aliphatic rings. The van der Waals surface area contributed by atoms with E-state index in [9.17, 15) is 10.2 Å². The normalized spacial score (nSPS) is 24.1. The highest BCUT2D eigenvalue weighted by Gasteiger charge is 2.66. The molecule has 14 nitrogen and oxygen atoms in total. The number of unbranched alkanes of at least 4 members (excludes halogenated alkanes) is 11. The number of carbonyl (C=O) groups is 1. The molecule has 1 aromatic heterocycles. The minimum Gasteiger partial charge on any atom is -0.487 e. The molecule has 4 heterocycles. The van der Waals surface area contributed by atoms with E-state index in [2.05, 4.69) is 25.6 Å². The summed E-state index contributed by atoms with van der Waals surface area (Å²) in [5.41, 5.74) is 5.17. The van der Waals surface area contributed by atoms with E-state index in [0.717, 1.165) is 85.9 Å². The Morgan fingerprint density at radius 2 is 1.66 bits per heavy atom. The van der Waals surface area contributed by atoms with E-state index >= 15 is 4.79 Å². The molecule has 1 saturated heterocycles. The van der Waals surface area contributed by atoms with Crippen LogP contribution in [0.1, 0.15) is 164 Å². The van der Waals surface area contributed by atoms with Gasteiger partial charge in [0.2, 0.25) is 18.9 Å². The summed E-state index contributed by atoms with van der Waals surface area (Å²) < 4.78 is 45.4. The molecule has 0 spiro atoms. The molecule has 14 heteroatoms. The third kappa shape index (κ3) is 14.0. The van der Waals surface area contributed by atoms with E-state index in [1.165, 1.54) is 44.9 Å². The van der Waals surface area contributed by atoms with Crippen molar-refractivity contribution in [2.75, 3.05) is 39.8 Å². The molecule has 1 amide bonds. The lowest BCUT2D eigenvalue weighted by Crippen LogP contribution is -2.70. The van der Waals surface area contributed by atoms with Crippen LogP contribution in [-0.2, 0) is 32.2 Å². The number of amides is 1. The van der Waals surface area contributed by atoms with Gasteiger partial charge in [0, 0.05) is 49.8 Å². The van der Waals surface area contributed by atoms with Crippen molar-refractivity contribution in [3.05, 3.63) is 101 Å². The number of fused-ring (bicyclic) bond motifs is 3. The number of oxime groups is 1. The SMILES string of the molecule is C=CCOC12Oc3ccc(OCc4cccc(C)n4)cc3C3C(CCCCO)C(CCCCO)C=C(C(=NOC4CCCCO4)CC1N(Cc1ccc4c(c1)OCO4)C(=O)OCCCCCCCCCCCC)C32. The van der Waals surface area contributed by atoms with Gasteiger partial charge in [-0.05, 0) is 117 Å². The number of hydrogen-bond donors (Lipinski definition) is 2. The van der Waals surface area contributed by atoms with Gasteiger partial charge in [-0.25, -0.2) is 4.79 Å². The van der Waals surface area contributed by atoms with Gasteiger partial charge in [0.15, 0.2) is 11.5 Å². The van der Waals surface area contributed by atoms with Gasteiger partial charge in [-0.15, -0.1) is 6.58 Å². The van der Waals surface area contributed by atoms with Crippen molar-refractivity contribution in [3.63, 3.8) is 0 Å². The van der Waals surface area contributed by atoms with Crippen LogP contribution in [0.4, 0.5) is 4.79 Å². The zero-order valence-electron chi connectivity index (χ0n) is 44.2. The zero-order chi connectivity index (χ0) is 51.5. The molecule has 404 valence electrons. The van der Waals surface area contributed by atoms with Gasteiger partial charge in [0.1, 0.15) is 24.1 Å². The van der Waals surface area contributed by atoms with Gasteiger partial charge in [0.25, 0.3) is 0 Å². The van der Waals surface area contributed by atoms with Gasteiger partial charge in [-0.2, -0.15) is 0 Å². The molecule has 7 unspecified atom stereocenters. The van der Waals surface area contributed by atoms with E-state index in [1.54, 1.807) is 11.0 Å². The Morgan fingerprint density at radius 3 is 2.42 bits per heavy atom. The Kier molecular flexibility index (Phi) is 20.9. The van der Waals surface area contributed by atoms with E-state index in [1.807, 2.05) is 55.5 Å². The van der Waals surface area contributed by atoms with Crippen molar-refractivity contribution in [1.82, 2.24) is 9.88 Å². The maximum Gasteiger partial charge on any atom is 0.410 e. The summed E-state index contributed by atoms with van der Waals surface area (Å²) in [4.78, 5) is 28.1. The molecule has 3 aliphatic heterocycles. The predicted octanol–water partition coefficient (Wildman–Crippen LogP) is 12.4. The van der Waals surface area contributed by atoms with E-state index in [0.29, 0.717) is 54.6 Å². The van der Waals surface area contributed by atoms with Crippen LogP contribution in [0.2, 0.25) is 0 Å². The molecule has 0 radical (unpaired) electrons. The molecule has 2 aliphatic carbocycles. The van der Waals surface area contributed by atoms with Crippen LogP contribution in [-0.4, -0.2) is 89.8 Å². The molecule has 8 rings (SSSR count). The molecule has 0 bridgehead atoms. The molecule has 1 saturated carbocycles. The Morgan fingerprint density at radius 1 is 0.892 bits per heavy atom. The van der Waals surface area contributed by atoms with Crippen molar-refractivity contribution in [3.8, 4) is 23.0 Å². The molecule has 7 atom stereocenters. The number of aromatic nitrogens is 1. The van der Waals surface area contributed by atoms with Crippen LogP contribution in [0.5, 0.6) is 23.0 Å². The number of ether oxygens (including phenoxy) is 7. The molecular formula is C60H83N3O11. The van der Waals surface area contributed by atoms with Crippen molar-refractivity contribution in [2.45, 2.75) is 179 Å². The topological polar surface area (TPSA) is 160 Å². The van der Waals surface area contributed by atoms with Gasteiger partial charge in [0.05, 0.1) is 37.1 Å². The first kappa shape index (κ1) is 55.1. The van der Waals surface area contributed by atoms with Crippen LogP contribution in [0.15, 0.2) is 84.1 Å². The second-order valence-corrected chi connectivity index (χ2v) is 20.8. The van der Waals surface area contributed by atoms with Crippen LogP contribution in [0.25, 0.3) is 0 Å². The summed E-state index contributed by atoms with van der Waals surface area (Å²) >= 11 is 0. The average molecular weight is 1020 g/mol. The van der Waals surface area contributed by atoms with Crippen LogP contribution >= 0.6 is 0 Å². The molecule has 2 aromatic carbocycles. The third-order valence-corrected chi connectivity index (χ3v) is 15.5. The number of hydrogen-bond acceptors (Lipinski definition) is 13. The minimum absolute atomic E-state index is 0.0326. The summed E-state index contributed by atoms with van der Waals surface area (Å²) in [7, 11) is 0. The fourth-order valence-corrected chi connectivity index (χ4v) is 11.9. The number of carbonyl (C=O) groups excluding carboxylic acids is 1. The second kappa shape index (κ2) is 28.1. The summed E-state index contributed by atoms with van der Waals surface area (Å²) in [6.07, 6.45) is 22.2. The van der Waals surface area contributed by atoms with Crippen molar-refractivity contribution < 1.29 is 53.0 Å². The molecule has 74 heavy (non-hydrogen) atoms. The second-order valence-electron chi connectivity index (χ2n) is 20.8. The highest BCUT2D eigenvalue weighted by atomic mass is 16.8. The lowest BCUT2D eigenvalue weighted by atomic mass is 9.55. The minimum atomic E-state index is -1.48. The lowest BCUT2D eigenvalue weighted by molar-refractivity contribution is -0.256. The lowest BCUT2D eigenvalue weighted by Gasteiger charge is -2.60. The predicted molar refractivity (Wildman–Crippen MR) is 284 cm³/mol. The number of aliphatic hydroxyl groups excluding tert-OH is 2. The highest BCUT2D eigenvalue weighted by Crippen LogP contribution is 2.62. The number of allylic oxidation sites excluding steroid dienone is 1. The fraction of sp³-hybridized carbons (Fsp3) is 0.617. The summed E-state index contributed by atoms with van der Waals surface area (Å²) in [6, 6.07) is 16.9. The van der Waals surface area contributed by atoms with E-state index in [-0.39, 0.29) is 70.5 Å². The van der Waals surface area contributed by atoms with Gasteiger partial charge < -0.3 is 48.2 Å². The van der Waals surface area contributed by atoms with Crippen LogP contribution < -0.4 is 18.9 Å². The van der Waals surface area contributed by atoms with Crippen molar-refractivity contribution in [1.29, 1.82) is 0 Å². The van der Waals surface area contributed by atoms with Crippen LogP contribution in [0.3, 0.4) is 0 Å². The average Bonchev–Trinajstić information content (AvgIpc) is 3.90.